The van der Waals surface area contributed by atoms with E-state index < -0.39 is 11.8 Å². The Labute approximate surface area is 98.7 Å². The molecule has 1 aromatic heterocycles. The molecule has 17 heavy (non-hydrogen) atoms. The normalized spacial score (nSPS) is 10.6. The Morgan fingerprint density at radius 3 is 2.41 bits per heavy atom. The van der Waals surface area contributed by atoms with Crippen molar-refractivity contribution in [2.75, 3.05) is 38.6 Å². The number of aliphatic carboxylic acids is 1. The summed E-state index contributed by atoms with van der Waals surface area (Å²) in [5, 5.41) is 8.78. The third-order valence-corrected chi connectivity index (χ3v) is 2.03. The van der Waals surface area contributed by atoms with Crippen LogP contribution in [0.5, 0.6) is 0 Å². The van der Waals surface area contributed by atoms with Gasteiger partial charge in [-0.2, -0.15) is 0 Å². The molecule has 0 amide bonds. The highest BCUT2D eigenvalue weighted by atomic mass is 19.1. The first kappa shape index (κ1) is 13.3. The van der Waals surface area contributed by atoms with Gasteiger partial charge in [-0.15, -0.1) is 0 Å². The molecule has 0 spiro atoms. The molecule has 0 unspecified atom stereocenters. The molecule has 0 aromatic carbocycles. The number of aromatic nitrogens is 2. The van der Waals surface area contributed by atoms with Gasteiger partial charge in [-0.1, -0.05) is 0 Å². The van der Waals surface area contributed by atoms with E-state index in [9.17, 15) is 9.18 Å². The molecule has 0 aliphatic rings. The molecule has 7 heteroatoms. The molecule has 0 aliphatic carbocycles. The van der Waals surface area contributed by atoms with E-state index in [0.29, 0.717) is 13.1 Å². The summed E-state index contributed by atoms with van der Waals surface area (Å²) < 4.78 is 12.7. The van der Waals surface area contributed by atoms with Gasteiger partial charge < -0.3 is 14.9 Å². The van der Waals surface area contributed by atoms with Crippen LogP contribution >= 0.6 is 0 Å². The molecule has 1 heterocycles. The summed E-state index contributed by atoms with van der Waals surface area (Å²) in [6.07, 6.45) is 2.04. The van der Waals surface area contributed by atoms with Crippen LogP contribution in [-0.2, 0) is 4.79 Å². The van der Waals surface area contributed by atoms with E-state index >= 15 is 0 Å². The Morgan fingerprint density at radius 1 is 1.35 bits per heavy atom. The van der Waals surface area contributed by atoms with Crippen molar-refractivity contribution in [3.63, 3.8) is 0 Å². The van der Waals surface area contributed by atoms with E-state index in [1.54, 1.807) is 0 Å². The fourth-order valence-electron chi connectivity index (χ4n) is 1.20. The van der Waals surface area contributed by atoms with Gasteiger partial charge in [0.2, 0.25) is 5.95 Å². The summed E-state index contributed by atoms with van der Waals surface area (Å²) >= 11 is 0. The van der Waals surface area contributed by atoms with Crippen molar-refractivity contribution in [1.29, 1.82) is 0 Å². The van der Waals surface area contributed by atoms with Crippen LogP contribution in [0.2, 0.25) is 0 Å². The zero-order chi connectivity index (χ0) is 12.8. The molecule has 0 radical (unpaired) electrons. The molecule has 0 saturated carbocycles. The maximum absolute atomic E-state index is 12.7. The van der Waals surface area contributed by atoms with E-state index in [0.717, 1.165) is 12.4 Å². The zero-order valence-electron chi connectivity index (χ0n) is 9.80. The van der Waals surface area contributed by atoms with Gasteiger partial charge in [-0.05, 0) is 14.1 Å². The van der Waals surface area contributed by atoms with E-state index in [4.69, 9.17) is 5.11 Å². The van der Waals surface area contributed by atoms with Crippen molar-refractivity contribution in [3.8, 4) is 0 Å². The highest BCUT2D eigenvalue weighted by Gasteiger charge is 2.13. The Kier molecular flexibility index (Phi) is 4.77. The van der Waals surface area contributed by atoms with Gasteiger partial charge >= 0.3 is 5.97 Å². The summed E-state index contributed by atoms with van der Waals surface area (Å²) in [6.45, 7) is 0.915. The quantitative estimate of drug-likeness (QED) is 0.761. The maximum atomic E-state index is 12.7. The minimum atomic E-state index is -0.975. The molecule has 0 atom stereocenters. The second-order valence-corrected chi connectivity index (χ2v) is 3.82. The number of hydrogen-bond acceptors (Lipinski definition) is 5. The molecule has 1 N–H and O–H groups in total. The fourth-order valence-corrected chi connectivity index (χ4v) is 1.20. The van der Waals surface area contributed by atoms with Crippen LogP contribution in [0.4, 0.5) is 10.3 Å². The lowest BCUT2D eigenvalue weighted by atomic mass is 10.4. The third kappa shape index (κ3) is 4.73. The van der Waals surface area contributed by atoms with Crippen LogP contribution in [0.3, 0.4) is 0 Å². The van der Waals surface area contributed by atoms with E-state index in [1.165, 1.54) is 4.90 Å². The van der Waals surface area contributed by atoms with Crippen molar-refractivity contribution in [2.24, 2.45) is 0 Å². The van der Waals surface area contributed by atoms with Gasteiger partial charge in [0.1, 0.15) is 6.54 Å². The number of carbonyl (C=O) groups is 1. The summed E-state index contributed by atoms with van der Waals surface area (Å²) in [5.41, 5.74) is 0. The largest absolute Gasteiger partial charge is 0.480 e. The Balaban J connectivity index is 2.74. The number of halogens is 1. The predicted molar refractivity (Wildman–Crippen MR) is 60.4 cm³/mol. The average molecular weight is 242 g/mol. The van der Waals surface area contributed by atoms with Gasteiger partial charge in [-0.3, -0.25) is 4.79 Å². The Hall–Kier alpha value is -1.76. The van der Waals surface area contributed by atoms with Crippen LogP contribution in [0.25, 0.3) is 0 Å². The third-order valence-electron chi connectivity index (χ3n) is 2.03. The number of nitrogens with zero attached hydrogens (tertiary/aromatic N) is 4. The van der Waals surface area contributed by atoms with Crippen LogP contribution in [-0.4, -0.2) is 59.7 Å². The minimum Gasteiger partial charge on any atom is -0.480 e. The van der Waals surface area contributed by atoms with E-state index in [2.05, 4.69) is 9.97 Å². The zero-order valence-corrected chi connectivity index (χ0v) is 9.80. The van der Waals surface area contributed by atoms with Crippen LogP contribution < -0.4 is 4.90 Å². The SMILES string of the molecule is CN(C)CCN(CC(=O)O)c1ncc(F)cn1. The first-order valence-electron chi connectivity index (χ1n) is 5.08. The lowest BCUT2D eigenvalue weighted by Crippen LogP contribution is -2.36. The summed E-state index contributed by atoms with van der Waals surface area (Å²) in [7, 11) is 3.76. The van der Waals surface area contributed by atoms with E-state index in [-0.39, 0.29) is 12.5 Å². The smallest absolute Gasteiger partial charge is 0.323 e. The Morgan fingerprint density at radius 2 is 1.94 bits per heavy atom. The average Bonchev–Trinajstić information content (AvgIpc) is 2.25. The molecular formula is C10H15FN4O2. The number of rotatable bonds is 6. The molecule has 0 fully saturated rings. The van der Waals surface area contributed by atoms with Crippen molar-refractivity contribution >= 4 is 11.9 Å². The molecule has 0 bridgehead atoms. The highest BCUT2D eigenvalue weighted by molar-refractivity contribution is 5.72. The van der Waals surface area contributed by atoms with Crippen molar-refractivity contribution in [3.05, 3.63) is 18.2 Å². The van der Waals surface area contributed by atoms with Gasteiger partial charge in [-0.25, -0.2) is 14.4 Å². The molecule has 94 valence electrons. The van der Waals surface area contributed by atoms with Gasteiger partial charge in [0.05, 0.1) is 12.4 Å². The number of anilines is 1. The molecule has 1 rings (SSSR count). The number of hydrogen-bond donors (Lipinski definition) is 1. The Bertz CT molecular complexity index is 369. The molecule has 0 aliphatic heterocycles. The highest BCUT2D eigenvalue weighted by Crippen LogP contribution is 2.06. The van der Waals surface area contributed by atoms with Gasteiger partial charge in [0, 0.05) is 13.1 Å². The molecular weight excluding hydrogens is 227 g/mol. The van der Waals surface area contributed by atoms with Crippen molar-refractivity contribution < 1.29 is 14.3 Å². The number of likely N-dealkylation sites (N-methyl/N-ethyl adjacent to an activating group) is 1. The fraction of sp³-hybridized carbons (Fsp3) is 0.500. The van der Waals surface area contributed by atoms with Crippen LogP contribution in [0, 0.1) is 5.82 Å². The summed E-state index contributed by atoms with van der Waals surface area (Å²) in [6, 6.07) is 0. The lowest BCUT2D eigenvalue weighted by Gasteiger charge is -2.22. The first-order valence-corrected chi connectivity index (χ1v) is 5.08. The topological polar surface area (TPSA) is 69.6 Å². The summed E-state index contributed by atoms with van der Waals surface area (Å²) in [4.78, 5) is 21.6. The van der Waals surface area contributed by atoms with Crippen molar-refractivity contribution in [1.82, 2.24) is 14.9 Å². The van der Waals surface area contributed by atoms with Gasteiger partial charge in [0.25, 0.3) is 0 Å². The standard InChI is InChI=1S/C10H15FN4O2/c1-14(2)3-4-15(7-9(16)17)10-12-5-8(11)6-13-10/h5-6H,3-4,7H2,1-2H3,(H,16,17). The second-order valence-electron chi connectivity index (χ2n) is 3.82. The summed E-state index contributed by atoms with van der Waals surface area (Å²) in [5.74, 6) is -1.30. The molecule has 0 saturated heterocycles. The van der Waals surface area contributed by atoms with E-state index in [1.807, 2.05) is 19.0 Å². The maximum Gasteiger partial charge on any atom is 0.323 e. The van der Waals surface area contributed by atoms with Crippen molar-refractivity contribution in [2.45, 2.75) is 0 Å². The molecule has 1 aromatic rings. The monoisotopic (exact) mass is 242 g/mol. The first-order chi connectivity index (χ1) is 7.99. The van der Waals surface area contributed by atoms with Crippen LogP contribution in [0.15, 0.2) is 12.4 Å². The second kappa shape index (κ2) is 6.09. The molecule has 6 nitrogen and oxygen atoms in total. The van der Waals surface area contributed by atoms with Gasteiger partial charge in [0.15, 0.2) is 5.82 Å². The number of carboxylic acid groups (broad SMARTS) is 1. The minimum absolute atomic E-state index is 0.209. The van der Waals surface area contributed by atoms with Crippen LogP contribution in [0.1, 0.15) is 0 Å². The number of carboxylic acids is 1. The predicted octanol–water partition coefficient (Wildman–Crippen LogP) is 0.0683. The lowest BCUT2D eigenvalue weighted by molar-refractivity contribution is -0.135.